The molecule has 0 spiro atoms. The molecule has 3 unspecified atom stereocenters. The topological polar surface area (TPSA) is 187 Å². The van der Waals surface area contributed by atoms with E-state index in [4.69, 9.17) is 9.90 Å². The van der Waals surface area contributed by atoms with Crippen LogP contribution in [0.1, 0.15) is 109 Å². The Labute approximate surface area is 407 Å². The van der Waals surface area contributed by atoms with Crippen molar-refractivity contribution in [1.82, 2.24) is 34.9 Å². The summed E-state index contributed by atoms with van der Waals surface area (Å²) in [6.45, 7) is 8.69. The molecule has 0 saturated carbocycles. The summed E-state index contributed by atoms with van der Waals surface area (Å²) in [7, 11) is 1.70. The quantitative estimate of drug-likeness (QED) is 0.0434. The van der Waals surface area contributed by atoms with Crippen LogP contribution in [0.3, 0.4) is 0 Å². The van der Waals surface area contributed by atoms with Crippen LogP contribution in [-0.2, 0) is 26.2 Å². The van der Waals surface area contributed by atoms with E-state index in [1.54, 1.807) is 11.6 Å². The predicted octanol–water partition coefficient (Wildman–Crippen LogP) is 5.94. The number of imide groups is 1. The largest absolute Gasteiger partial charge is 0.483 e. The zero-order valence-corrected chi connectivity index (χ0v) is 40.1. The van der Waals surface area contributed by atoms with Crippen molar-refractivity contribution < 1.29 is 33.5 Å². The Bertz CT molecular complexity index is 2890. The van der Waals surface area contributed by atoms with E-state index in [2.05, 4.69) is 44.1 Å². The number of imidazole rings is 1. The molecule has 70 heavy (non-hydrogen) atoms. The van der Waals surface area contributed by atoms with Crippen LogP contribution in [0.15, 0.2) is 77.6 Å². The van der Waals surface area contributed by atoms with Crippen molar-refractivity contribution in [2.75, 3.05) is 51.1 Å². The number of carbonyl (C=O) groups excluding carboxylic acids is 4. The van der Waals surface area contributed by atoms with E-state index >= 15 is 4.39 Å². The number of nitrogens with zero attached hydrogens (tertiary/aromatic N) is 4. The number of carboxylic acid groups (broad SMARTS) is 1. The molecule has 5 heterocycles. The first-order chi connectivity index (χ1) is 33.8. The van der Waals surface area contributed by atoms with E-state index in [-0.39, 0.29) is 54.2 Å². The van der Waals surface area contributed by atoms with Crippen LogP contribution in [0.4, 0.5) is 10.1 Å². The van der Waals surface area contributed by atoms with Gasteiger partial charge in [-0.3, -0.25) is 38.4 Å². The third kappa shape index (κ3) is 11.1. The summed E-state index contributed by atoms with van der Waals surface area (Å²) in [5.74, 6) is 5.75. The van der Waals surface area contributed by atoms with Gasteiger partial charge in [-0.05, 0) is 129 Å². The van der Waals surface area contributed by atoms with E-state index in [1.165, 1.54) is 4.57 Å². The van der Waals surface area contributed by atoms with Crippen LogP contribution in [0, 0.1) is 24.7 Å². The number of likely N-dealkylation sites (tertiary alicyclic amines) is 2. The van der Waals surface area contributed by atoms with Gasteiger partial charge in [0.15, 0.2) is 0 Å². The van der Waals surface area contributed by atoms with Gasteiger partial charge in [-0.1, -0.05) is 54.3 Å². The highest BCUT2D eigenvalue weighted by Gasteiger charge is 2.32. The third-order valence-electron chi connectivity index (χ3n) is 14.5. The highest BCUT2D eigenvalue weighted by atomic mass is 19.1. The molecular weight excluding hydrogens is 892 g/mol. The maximum Gasteiger partial charge on any atom is 0.329 e. The lowest BCUT2D eigenvalue weighted by Gasteiger charge is -2.33. The molecule has 0 bridgehead atoms. The Morgan fingerprint density at radius 1 is 0.929 bits per heavy atom. The zero-order valence-electron chi connectivity index (χ0n) is 40.1. The van der Waals surface area contributed by atoms with Crippen LogP contribution < -0.4 is 27.0 Å². The summed E-state index contributed by atoms with van der Waals surface area (Å²) in [5, 5.41) is 21.2. The fourth-order valence-corrected chi connectivity index (χ4v) is 10.3. The average molecular weight is 955 g/mol. The van der Waals surface area contributed by atoms with Crippen molar-refractivity contribution in [3.8, 4) is 11.8 Å². The summed E-state index contributed by atoms with van der Waals surface area (Å²) >= 11 is 0. The number of anilines is 1. The minimum absolute atomic E-state index is 0.123. The lowest BCUT2D eigenvalue weighted by atomic mass is 9.89. The van der Waals surface area contributed by atoms with Crippen molar-refractivity contribution in [3.63, 3.8) is 0 Å². The Morgan fingerprint density at radius 2 is 1.69 bits per heavy atom. The minimum atomic E-state index is -1.07. The number of fused-ring (bicyclic) bond motifs is 2. The number of aryl methyl sites for hydroxylation is 2. The van der Waals surface area contributed by atoms with E-state index in [0.717, 1.165) is 96.1 Å². The van der Waals surface area contributed by atoms with Gasteiger partial charge < -0.3 is 30.9 Å². The number of unbranched alkanes of at least 4 members (excludes halogenated alkanes) is 1. The van der Waals surface area contributed by atoms with Gasteiger partial charge in [0.05, 0.1) is 29.0 Å². The van der Waals surface area contributed by atoms with Gasteiger partial charge >= 0.3 is 5.69 Å². The molecule has 4 fully saturated rings. The van der Waals surface area contributed by atoms with E-state index in [9.17, 15) is 24.0 Å². The minimum Gasteiger partial charge on any atom is -0.483 e. The molecule has 4 aliphatic heterocycles. The van der Waals surface area contributed by atoms with Crippen molar-refractivity contribution >= 4 is 57.6 Å². The van der Waals surface area contributed by atoms with E-state index in [0.29, 0.717) is 56.0 Å². The second kappa shape index (κ2) is 22.3. The fraction of sp³-hybridized carbons (Fsp3) is 0.444. The smallest absolute Gasteiger partial charge is 0.329 e. The molecule has 0 aliphatic carbocycles. The Kier molecular flexibility index (Phi) is 15.8. The Hall–Kier alpha value is -6.83. The Balaban J connectivity index is 0.00000214. The number of alkyl halides is 1. The molecule has 16 heteroatoms. The molecule has 4 atom stereocenters. The zero-order chi connectivity index (χ0) is 49.5. The SMILES string of the molecule is Cc1ccc(NC2CNC2)cc1C(=O)N[C@H](C)c1ccc(C#CC2CCN(CCCCC(=O)N3CCC(c4ccc5c(c4)n(C)c(=O)n5C4CCC(=O)NC4=O)CC3)CC2F)c2ccccc12.O=CO. The number of rotatable bonds is 12. The monoisotopic (exact) mass is 954 g/mol. The number of carbonyl (C=O) groups is 5. The number of piperidine rings is 3. The fourth-order valence-electron chi connectivity index (χ4n) is 10.3. The van der Waals surface area contributed by atoms with Crippen molar-refractivity contribution in [2.24, 2.45) is 13.0 Å². The highest BCUT2D eigenvalue weighted by molar-refractivity contribution is 6.00. The molecule has 368 valence electrons. The average Bonchev–Trinajstić information content (AvgIpc) is 3.59. The van der Waals surface area contributed by atoms with Gasteiger partial charge in [-0.25, -0.2) is 9.18 Å². The second-order valence-corrected chi connectivity index (χ2v) is 19.1. The molecule has 5 aromatic rings. The van der Waals surface area contributed by atoms with Crippen molar-refractivity contribution in [3.05, 3.63) is 111 Å². The van der Waals surface area contributed by atoms with Crippen LogP contribution >= 0.6 is 0 Å². The molecule has 4 saturated heterocycles. The molecule has 4 amide bonds. The lowest BCUT2D eigenvalue weighted by molar-refractivity contribution is -0.136. The predicted molar refractivity (Wildman–Crippen MR) is 267 cm³/mol. The number of benzene rings is 4. The maximum atomic E-state index is 15.6. The van der Waals surface area contributed by atoms with Gasteiger partial charge in [0.25, 0.3) is 12.4 Å². The maximum absolute atomic E-state index is 15.6. The number of hydrogen-bond acceptors (Lipinski definition) is 9. The molecule has 1 aromatic heterocycles. The molecule has 5 N–H and O–H groups in total. The summed E-state index contributed by atoms with van der Waals surface area (Å²) in [4.78, 5) is 76.8. The van der Waals surface area contributed by atoms with Crippen molar-refractivity contribution in [1.29, 1.82) is 0 Å². The van der Waals surface area contributed by atoms with Crippen molar-refractivity contribution in [2.45, 2.75) is 95.4 Å². The third-order valence-corrected chi connectivity index (χ3v) is 14.5. The first kappa shape index (κ1) is 49.6. The van der Waals surface area contributed by atoms with Gasteiger partial charge in [0.1, 0.15) is 12.2 Å². The summed E-state index contributed by atoms with van der Waals surface area (Å²) in [5.41, 5.74) is 6.58. The number of amides is 4. The van der Waals surface area contributed by atoms with Crippen LogP contribution in [0.2, 0.25) is 0 Å². The molecule has 4 aliphatic rings. The van der Waals surface area contributed by atoms with Gasteiger partial charge in [0, 0.05) is 69.4 Å². The number of halogens is 1. The summed E-state index contributed by atoms with van der Waals surface area (Å²) in [6, 6.07) is 23.3. The van der Waals surface area contributed by atoms with E-state index < -0.39 is 18.1 Å². The molecule has 4 aromatic carbocycles. The first-order valence-electron chi connectivity index (χ1n) is 24.5. The van der Waals surface area contributed by atoms with Crippen LogP contribution in [0.25, 0.3) is 21.8 Å². The Morgan fingerprint density at radius 3 is 2.40 bits per heavy atom. The molecule has 0 radical (unpaired) electrons. The summed E-state index contributed by atoms with van der Waals surface area (Å²) < 4.78 is 18.7. The van der Waals surface area contributed by atoms with Gasteiger partial charge in [0.2, 0.25) is 17.7 Å². The van der Waals surface area contributed by atoms with E-state index in [1.807, 2.05) is 85.5 Å². The van der Waals surface area contributed by atoms with Crippen LogP contribution in [-0.4, -0.2) is 112 Å². The van der Waals surface area contributed by atoms with Gasteiger partial charge in [-0.15, -0.1) is 0 Å². The summed E-state index contributed by atoms with van der Waals surface area (Å²) in [6.07, 6.45) is 3.74. The van der Waals surface area contributed by atoms with Crippen LogP contribution in [0.5, 0.6) is 0 Å². The lowest BCUT2D eigenvalue weighted by Crippen LogP contribution is -2.51. The standard InChI is InChI=1S/C53H61FN8O5.CH2O2/c1-33-11-16-39(57-40-30-55-31-40)29-44(33)51(65)56-34(2)41-17-14-36(42-8-4-5-9-43(41)42)12-13-37-21-25-60(32-45(37)54)24-7-6-10-50(64)61-26-22-35(23-27-61)38-15-18-46-48(28-38)59(3)53(67)62(46)47-19-20-49(63)58-52(47)66;2-1-3/h4-5,8-9,11,14-18,28-29,34-35,37,40,45,47,55,57H,6-7,10,19-27,30-32H2,1-3H3,(H,56,65)(H,58,63,66);1H,(H,2,3)/t34-,37?,45?,47?;/m1./s1. The number of nitrogens with one attached hydrogen (secondary N) is 4. The molecule has 15 nitrogen and oxygen atoms in total. The molecule has 9 rings (SSSR count). The normalized spacial score (nSPS) is 20.3. The number of hydrogen-bond donors (Lipinski definition) is 5. The number of aromatic nitrogens is 2. The highest BCUT2D eigenvalue weighted by Crippen LogP contribution is 2.33. The first-order valence-corrected chi connectivity index (χ1v) is 24.5. The van der Waals surface area contributed by atoms with Gasteiger partial charge in [-0.2, -0.15) is 0 Å². The second-order valence-electron chi connectivity index (χ2n) is 19.1. The molecular formula is C54H63FN8O7.